The van der Waals surface area contributed by atoms with Crippen LogP contribution in [0.25, 0.3) is 10.1 Å². The fourth-order valence-electron chi connectivity index (χ4n) is 2.90. The highest BCUT2D eigenvalue weighted by atomic mass is 32.1. The maximum atomic E-state index is 12.1. The smallest absolute Gasteiger partial charge is 0.224 e. The number of carbonyl (C=O) groups is 1. The lowest BCUT2D eigenvalue weighted by atomic mass is 10.00. The molecular formula is C15H18N2O2S. The number of nitrogens with two attached hydrogens (primary N) is 1. The van der Waals surface area contributed by atoms with Crippen molar-refractivity contribution in [1.29, 1.82) is 0 Å². The molecule has 0 bridgehead atoms. The molecule has 1 aromatic carbocycles. The molecule has 1 aromatic heterocycles. The van der Waals surface area contributed by atoms with Crippen LogP contribution in [0.15, 0.2) is 29.6 Å². The van der Waals surface area contributed by atoms with E-state index in [1.165, 1.54) is 15.6 Å². The molecule has 1 aliphatic rings. The Labute approximate surface area is 122 Å². The van der Waals surface area contributed by atoms with Crippen molar-refractivity contribution in [2.45, 2.75) is 18.5 Å². The summed E-state index contributed by atoms with van der Waals surface area (Å²) in [6.07, 6.45) is 0.415. The van der Waals surface area contributed by atoms with Crippen molar-refractivity contribution in [3.05, 3.63) is 35.2 Å². The van der Waals surface area contributed by atoms with Crippen LogP contribution in [0.1, 0.15) is 18.0 Å². The van der Waals surface area contributed by atoms with Gasteiger partial charge in [-0.25, -0.2) is 0 Å². The largest absolute Gasteiger partial charge is 0.383 e. The monoisotopic (exact) mass is 290 g/mol. The van der Waals surface area contributed by atoms with Crippen molar-refractivity contribution in [3.63, 3.8) is 0 Å². The normalized spacial score (nSPS) is 22.9. The zero-order chi connectivity index (χ0) is 14.1. The molecule has 1 fully saturated rings. The van der Waals surface area contributed by atoms with Crippen LogP contribution in [0.3, 0.4) is 0 Å². The second-order valence-electron chi connectivity index (χ2n) is 5.08. The Morgan fingerprint density at radius 3 is 3.05 bits per heavy atom. The minimum atomic E-state index is -0.141. The number of rotatable bonds is 4. The van der Waals surface area contributed by atoms with Crippen molar-refractivity contribution in [2.24, 2.45) is 5.73 Å². The SMILES string of the molecule is COCCN1C(=O)CC(N)C1c1csc2ccccc12. The molecule has 3 rings (SSSR count). The van der Waals surface area contributed by atoms with Crippen LogP contribution in [0.2, 0.25) is 0 Å². The van der Waals surface area contributed by atoms with Gasteiger partial charge in [0.1, 0.15) is 0 Å². The van der Waals surface area contributed by atoms with Crippen LogP contribution in [0.4, 0.5) is 0 Å². The molecule has 20 heavy (non-hydrogen) atoms. The molecular weight excluding hydrogens is 272 g/mol. The zero-order valence-corrected chi connectivity index (χ0v) is 12.2. The summed E-state index contributed by atoms with van der Waals surface area (Å²) in [6.45, 7) is 1.13. The van der Waals surface area contributed by atoms with E-state index in [1.54, 1.807) is 18.4 Å². The Morgan fingerprint density at radius 1 is 1.45 bits per heavy atom. The van der Waals surface area contributed by atoms with E-state index in [2.05, 4.69) is 17.5 Å². The van der Waals surface area contributed by atoms with Crippen LogP contribution in [-0.2, 0) is 9.53 Å². The lowest BCUT2D eigenvalue weighted by Crippen LogP contribution is -2.35. The van der Waals surface area contributed by atoms with E-state index < -0.39 is 0 Å². The molecule has 2 heterocycles. The van der Waals surface area contributed by atoms with Gasteiger partial charge in [0.2, 0.25) is 5.91 Å². The first-order valence-corrected chi connectivity index (χ1v) is 7.60. The molecule has 4 nitrogen and oxygen atoms in total. The first-order chi connectivity index (χ1) is 9.72. The highest BCUT2D eigenvalue weighted by Gasteiger charge is 2.39. The number of hydrogen-bond donors (Lipinski definition) is 1. The van der Waals surface area contributed by atoms with Crippen molar-refractivity contribution in [3.8, 4) is 0 Å². The molecule has 2 unspecified atom stereocenters. The average Bonchev–Trinajstić information content (AvgIpc) is 2.97. The van der Waals surface area contributed by atoms with Gasteiger partial charge in [0.25, 0.3) is 0 Å². The Hall–Kier alpha value is -1.43. The van der Waals surface area contributed by atoms with Crippen molar-refractivity contribution in [2.75, 3.05) is 20.3 Å². The Bertz CT molecular complexity index is 625. The van der Waals surface area contributed by atoms with Gasteiger partial charge in [0.15, 0.2) is 0 Å². The van der Waals surface area contributed by atoms with Crippen LogP contribution < -0.4 is 5.73 Å². The second kappa shape index (κ2) is 5.52. The predicted octanol–water partition coefficient (Wildman–Crippen LogP) is 2.15. The van der Waals surface area contributed by atoms with Gasteiger partial charge >= 0.3 is 0 Å². The highest BCUT2D eigenvalue weighted by Crippen LogP contribution is 2.38. The van der Waals surface area contributed by atoms with Crippen molar-refractivity contribution < 1.29 is 9.53 Å². The number of carbonyl (C=O) groups excluding carboxylic acids is 1. The maximum Gasteiger partial charge on any atom is 0.224 e. The average molecular weight is 290 g/mol. The predicted molar refractivity (Wildman–Crippen MR) is 80.7 cm³/mol. The van der Waals surface area contributed by atoms with Gasteiger partial charge in [-0.05, 0) is 22.4 Å². The number of nitrogens with zero attached hydrogens (tertiary/aromatic N) is 1. The molecule has 2 aromatic rings. The van der Waals surface area contributed by atoms with Crippen LogP contribution in [0.5, 0.6) is 0 Å². The van der Waals surface area contributed by atoms with Gasteiger partial charge in [0, 0.05) is 30.8 Å². The maximum absolute atomic E-state index is 12.1. The molecule has 0 spiro atoms. The number of hydrogen-bond acceptors (Lipinski definition) is 4. The lowest BCUT2D eigenvalue weighted by Gasteiger charge is -2.26. The molecule has 0 aliphatic carbocycles. The lowest BCUT2D eigenvalue weighted by molar-refractivity contribution is -0.129. The summed E-state index contributed by atoms with van der Waals surface area (Å²) in [5.74, 6) is 0.120. The number of amides is 1. The first kappa shape index (κ1) is 13.5. The first-order valence-electron chi connectivity index (χ1n) is 6.72. The zero-order valence-electron chi connectivity index (χ0n) is 11.4. The highest BCUT2D eigenvalue weighted by molar-refractivity contribution is 7.17. The number of fused-ring (bicyclic) bond motifs is 1. The van der Waals surface area contributed by atoms with Gasteiger partial charge in [0.05, 0.1) is 12.6 Å². The summed E-state index contributed by atoms with van der Waals surface area (Å²) in [7, 11) is 1.65. The third-order valence-electron chi connectivity index (χ3n) is 3.84. The molecule has 0 saturated carbocycles. The summed E-state index contributed by atoms with van der Waals surface area (Å²) in [4.78, 5) is 14.0. The molecule has 0 radical (unpaired) electrons. The van der Waals surface area contributed by atoms with Gasteiger partial charge in [-0.3, -0.25) is 4.79 Å². The minimum Gasteiger partial charge on any atom is -0.383 e. The fraction of sp³-hybridized carbons (Fsp3) is 0.400. The minimum absolute atomic E-state index is 0.0335. The Morgan fingerprint density at radius 2 is 2.25 bits per heavy atom. The molecule has 2 atom stereocenters. The summed E-state index contributed by atoms with van der Waals surface area (Å²) in [5.41, 5.74) is 7.38. The topological polar surface area (TPSA) is 55.6 Å². The fourth-order valence-corrected chi connectivity index (χ4v) is 3.89. The van der Waals surface area contributed by atoms with Crippen LogP contribution in [0, 0.1) is 0 Å². The second-order valence-corrected chi connectivity index (χ2v) is 5.99. The molecule has 2 N–H and O–H groups in total. The number of benzene rings is 1. The van der Waals surface area contributed by atoms with Crippen molar-refractivity contribution in [1.82, 2.24) is 4.90 Å². The molecule has 5 heteroatoms. The number of thiophene rings is 1. The number of methoxy groups -OCH3 is 1. The Kier molecular flexibility index (Phi) is 3.74. The summed E-state index contributed by atoms with van der Waals surface area (Å²) in [5, 5.41) is 3.34. The van der Waals surface area contributed by atoms with Gasteiger partial charge < -0.3 is 15.4 Å². The van der Waals surface area contributed by atoms with E-state index in [0.717, 1.165) is 0 Å². The van der Waals surface area contributed by atoms with E-state index in [4.69, 9.17) is 10.5 Å². The summed E-state index contributed by atoms with van der Waals surface area (Å²) >= 11 is 1.71. The molecule has 106 valence electrons. The quantitative estimate of drug-likeness (QED) is 0.938. The van der Waals surface area contributed by atoms with Crippen molar-refractivity contribution >= 4 is 27.3 Å². The number of likely N-dealkylation sites (tertiary alicyclic amines) is 1. The van der Waals surface area contributed by atoms with Gasteiger partial charge in [-0.1, -0.05) is 18.2 Å². The Balaban J connectivity index is 1.99. The van der Waals surface area contributed by atoms with Gasteiger partial charge in [-0.2, -0.15) is 0 Å². The summed E-state index contributed by atoms with van der Waals surface area (Å²) < 4.78 is 6.35. The molecule has 1 amide bonds. The molecule has 1 aliphatic heterocycles. The third kappa shape index (κ3) is 2.22. The molecule has 1 saturated heterocycles. The van der Waals surface area contributed by atoms with E-state index in [-0.39, 0.29) is 18.0 Å². The van der Waals surface area contributed by atoms with E-state index in [9.17, 15) is 4.79 Å². The van der Waals surface area contributed by atoms with E-state index >= 15 is 0 Å². The third-order valence-corrected chi connectivity index (χ3v) is 4.82. The van der Waals surface area contributed by atoms with E-state index in [0.29, 0.717) is 19.6 Å². The standard InChI is InChI=1S/C15H18N2O2S/c1-19-7-6-17-14(18)8-12(16)15(17)11-9-20-13-5-3-2-4-10(11)13/h2-5,9,12,15H,6-8,16H2,1H3. The van der Waals surface area contributed by atoms with Crippen LogP contribution >= 0.6 is 11.3 Å². The summed E-state index contributed by atoms with van der Waals surface area (Å²) in [6, 6.07) is 8.09. The van der Waals surface area contributed by atoms with Crippen LogP contribution in [-0.4, -0.2) is 37.1 Å². The van der Waals surface area contributed by atoms with Gasteiger partial charge in [-0.15, -0.1) is 11.3 Å². The number of ether oxygens (including phenoxy) is 1. The van der Waals surface area contributed by atoms with E-state index in [1.807, 2.05) is 17.0 Å².